The van der Waals surface area contributed by atoms with Gasteiger partial charge in [0.15, 0.2) is 5.58 Å². The number of nitrogens with zero attached hydrogens (tertiary/aromatic N) is 1. The summed E-state index contributed by atoms with van der Waals surface area (Å²) in [5.74, 6) is 0.615. The fourth-order valence-electron chi connectivity index (χ4n) is 1.06. The van der Waals surface area contributed by atoms with Crippen LogP contribution in [0.25, 0.3) is 11.1 Å². The van der Waals surface area contributed by atoms with Gasteiger partial charge in [-0.3, -0.25) is 0 Å². The number of oxazole rings is 1. The monoisotopic (exact) mass is 197 g/mol. The molecular formula is C9H8FNOS. The highest BCUT2D eigenvalue weighted by Gasteiger charge is 2.05. The van der Waals surface area contributed by atoms with Crippen LogP contribution < -0.4 is 0 Å². The van der Waals surface area contributed by atoms with Crippen molar-refractivity contribution in [3.8, 4) is 0 Å². The van der Waals surface area contributed by atoms with Crippen LogP contribution in [0.3, 0.4) is 0 Å². The standard InChI is InChI=1S/C9H8FNOS/c1-2-13-9-11-7-5-6(10)3-4-8(7)12-9/h3-5H,2H2,1H3. The molecule has 0 radical (unpaired) electrons. The molecule has 0 N–H and O–H groups in total. The summed E-state index contributed by atoms with van der Waals surface area (Å²) in [7, 11) is 0. The number of hydrogen-bond donors (Lipinski definition) is 0. The smallest absolute Gasteiger partial charge is 0.256 e. The quantitative estimate of drug-likeness (QED) is 0.692. The van der Waals surface area contributed by atoms with Gasteiger partial charge in [0.05, 0.1) is 0 Å². The lowest BCUT2D eigenvalue weighted by Gasteiger charge is -1.85. The van der Waals surface area contributed by atoms with Gasteiger partial charge in [0.2, 0.25) is 0 Å². The van der Waals surface area contributed by atoms with E-state index in [0.29, 0.717) is 16.3 Å². The highest BCUT2D eigenvalue weighted by molar-refractivity contribution is 7.99. The molecule has 0 aliphatic heterocycles. The summed E-state index contributed by atoms with van der Waals surface area (Å²) in [5.41, 5.74) is 1.22. The second-order valence-corrected chi connectivity index (χ2v) is 3.74. The maximum Gasteiger partial charge on any atom is 0.256 e. The summed E-state index contributed by atoms with van der Waals surface area (Å²) in [6.07, 6.45) is 0. The molecule has 13 heavy (non-hydrogen) atoms. The normalized spacial score (nSPS) is 10.9. The van der Waals surface area contributed by atoms with Gasteiger partial charge in [-0.1, -0.05) is 18.7 Å². The van der Waals surface area contributed by atoms with Crippen molar-refractivity contribution in [2.45, 2.75) is 12.1 Å². The first kappa shape index (κ1) is 8.56. The molecule has 2 aromatic rings. The van der Waals surface area contributed by atoms with Crippen LogP contribution in [-0.2, 0) is 0 Å². The first-order valence-corrected chi connectivity index (χ1v) is 4.97. The zero-order chi connectivity index (χ0) is 9.26. The van der Waals surface area contributed by atoms with Gasteiger partial charge in [-0.15, -0.1) is 0 Å². The van der Waals surface area contributed by atoms with Crippen LogP contribution in [0.5, 0.6) is 0 Å². The van der Waals surface area contributed by atoms with Crippen molar-refractivity contribution < 1.29 is 8.81 Å². The Labute approximate surface area is 79.1 Å². The van der Waals surface area contributed by atoms with Gasteiger partial charge in [-0.2, -0.15) is 0 Å². The minimum Gasteiger partial charge on any atom is -0.431 e. The van der Waals surface area contributed by atoms with Crippen molar-refractivity contribution in [2.75, 3.05) is 5.75 Å². The number of aromatic nitrogens is 1. The summed E-state index contributed by atoms with van der Waals surface area (Å²) >= 11 is 1.51. The van der Waals surface area contributed by atoms with E-state index in [-0.39, 0.29) is 5.82 Å². The third-order valence-corrected chi connectivity index (χ3v) is 2.31. The Morgan fingerprint density at radius 1 is 1.54 bits per heavy atom. The van der Waals surface area contributed by atoms with Crippen molar-refractivity contribution in [1.29, 1.82) is 0 Å². The van der Waals surface area contributed by atoms with Gasteiger partial charge in [0, 0.05) is 6.07 Å². The molecular weight excluding hydrogens is 189 g/mol. The van der Waals surface area contributed by atoms with Crippen LogP contribution >= 0.6 is 11.8 Å². The van der Waals surface area contributed by atoms with Crippen LogP contribution in [0.2, 0.25) is 0 Å². The Balaban J connectivity index is 2.49. The SMILES string of the molecule is CCSc1nc2cc(F)ccc2o1. The lowest BCUT2D eigenvalue weighted by atomic mass is 10.3. The van der Waals surface area contributed by atoms with E-state index in [2.05, 4.69) is 4.98 Å². The molecule has 2 nitrogen and oxygen atoms in total. The van der Waals surface area contributed by atoms with Gasteiger partial charge in [-0.25, -0.2) is 9.37 Å². The van der Waals surface area contributed by atoms with Crippen LogP contribution in [0.15, 0.2) is 27.8 Å². The lowest BCUT2D eigenvalue weighted by molar-refractivity contribution is 0.489. The Morgan fingerprint density at radius 3 is 3.15 bits per heavy atom. The Morgan fingerprint density at radius 2 is 2.38 bits per heavy atom. The molecule has 1 aromatic heterocycles. The molecule has 0 fully saturated rings. The molecule has 0 saturated carbocycles. The van der Waals surface area contributed by atoms with Crippen molar-refractivity contribution in [1.82, 2.24) is 4.98 Å². The van der Waals surface area contributed by atoms with Crippen molar-refractivity contribution >= 4 is 22.9 Å². The van der Waals surface area contributed by atoms with E-state index in [9.17, 15) is 4.39 Å². The summed E-state index contributed by atoms with van der Waals surface area (Å²) in [6.45, 7) is 2.01. The number of fused-ring (bicyclic) bond motifs is 1. The lowest BCUT2D eigenvalue weighted by Crippen LogP contribution is -1.73. The molecule has 0 aliphatic rings. The summed E-state index contributed by atoms with van der Waals surface area (Å²) in [6, 6.07) is 4.34. The van der Waals surface area contributed by atoms with E-state index >= 15 is 0 Å². The molecule has 4 heteroatoms. The van der Waals surface area contributed by atoms with Crippen LogP contribution in [0.1, 0.15) is 6.92 Å². The second kappa shape index (κ2) is 3.38. The van der Waals surface area contributed by atoms with Crippen molar-refractivity contribution in [2.24, 2.45) is 0 Å². The molecule has 0 amide bonds. The Hall–Kier alpha value is -1.03. The van der Waals surface area contributed by atoms with E-state index in [0.717, 1.165) is 5.75 Å². The Kier molecular flexibility index (Phi) is 2.22. The molecule has 68 valence electrons. The number of benzene rings is 1. The minimum atomic E-state index is -0.283. The average molecular weight is 197 g/mol. The fraction of sp³-hybridized carbons (Fsp3) is 0.222. The maximum atomic E-state index is 12.7. The number of rotatable bonds is 2. The van der Waals surface area contributed by atoms with Gasteiger partial charge in [0.25, 0.3) is 5.22 Å². The van der Waals surface area contributed by atoms with Crippen molar-refractivity contribution in [3.05, 3.63) is 24.0 Å². The predicted octanol–water partition coefficient (Wildman–Crippen LogP) is 3.08. The topological polar surface area (TPSA) is 26.0 Å². The summed E-state index contributed by atoms with van der Waals surface area (Å²) < 4.78 is 18.1. The molecule has 0 spiro atoms. The van der Waals surface area contributed by atoms with Gasteiger partial charge < -0.3 is 4.42 Å². The van der Waals surface area contributed by atoms with E-state index in [1.54, 1.807) is 6.07 Å². The third-order valence-electron chi connectivity index (χ3n) is 1.60. The number of hydrogen-bond acceptors (Lipinski definition) is 3. The van der Waals surface area contributed by atoms with E-state index in [4.69, 9.17) is 4.42 Å². The first-order chi connectivity index (χ1) is 6.29. The highest BCUT2D eigenvalue weighted by Crippen LogP contribution is 2.23. The number of halogens is 1. The highest BCUT2D eigenvalue weighted by atomic mass is 32.2. The fourth-order valence-corrected chi connectivity index (χ4v) is 1.62. The first-order valence-electron chi connectivity index (χ1n) is 3.98. The largest absolute Gasteiger partial charge is 0.431 e. The Bertz CT molecular complexity index is 426. The van der Waals surface area contributed by atoms with E-state index < -0.39 is 0 Å². The summed E-state index contributed by atoms with van der Waals surface area (Å²) in [5, 5.41) is 0.600. The maximum absolute atomic E-state index is 12.7. The van der Waals surface area contributed by atoms with Crippen LogP contribution in [0, 0.1) is 5.82 Å². The molecule has 0 bridgehead atoms. The molecule has 0 aliphatic carbocycles. The molecule has 0 saturated heterocycles. The zero-order valence-electron chi connectivity index (χ0n) is 7.08. The predicted molar refractivity (Wildman–Crippen MR) is 50.4 cm³/mol. The van der Waals surface area contributed by atoms with Gasteiger partial charge >= 0.3 is 0 Å². The van der Waals surface area contributed by atoms with E-state index in [1.807, 2.05) is 6.92 Å². The van der Waals surface area contributed by atoms with Gasteiger partial charge in [0.1, 0.15) is 11.3 Å². The zero-order valence-corrected chi connectivity index (χ0v) is 7.90. The molecule has 1 heterocycles. The molecule has 2 rings (SSSR count). The van der Waals surface area contributed by atoms with Gasteiger partial charge in [-0.05, 0) is 17.9 Å². The molecule has 0 unspecified atom stereocenters. The summed E-state index contributed by atoms with van der Waals surface area (Å²) in [4.78, 5) is 4.12. The number of thioether (sulfide) groups is 1. The van der Waals surface area contributed by atoms with E-state index in [1.165, 1.54) is 23.9 Å². The second-order valence-electron chi connectivity index (χ2n) is 2.52. The molecule has 1 aromatic carbocycles. The minimum absolute atomic E-state index is 0.283. The van der Waals surface area contributed by atoms with Crippen LogP contribution in [-0.4, -0.2) is 10.7 Å². The third kappa shape index (κ3) is 1.67. The average Bonchev–Trinajstić information content (AvgIpc) is 2.46. The van der Waals surface area contributed by atoms with Crippen LogP contribution in [0.4, 0.5) is 4.39 Å². The van der Waals surface area contributed by atoms with Crippen molar-refractivity contribution in [3.63, 3.8) is 0 Å². The molecule has 0 atom stereocenters.